The maximum absolute atomic E-state index is 5.82. The predicted molar refractivity (Wildman–Crippen MR) is 63.6 cm³/mol. The molecule has 0 amide bonds. The Balaban J connectivity index is 2.25. The minimum atomic E-state index is 0.239. The lowest BCUT2D eigenvalue weighted by Gasteiger charge is -2.05. The van der Waals surface area contributed by atoms with E-state index < -0.39 is 0 Å². The van der Waals surface area contributed by atoms with Gasteiger partial charge in [0, 0.05) is 28.8 Å². The van der Waals surface area contributed by atoms with E-state index in [4.69, 9.17) is 11.6 Å². The predicted octanol–water partition coefficient (Wildman–Crippen LogP) is 2.95. The van der Waals surface area contributed by atoms with Crippen LogP contribution in [-0.2, 0) is 6.54 Å². The second-order valence-corrected chi connectivity index (χ2v) is 4.92. The molecule has 0 saturated carbocycles. The first-order chi connectivity index (χ1) is 6.68. The maximum atomic E-state index is 5.82. The zero-order valence-electron chi connectivity index (χ0n) is 8.13. The summed E-state index contributed by atoms with van der Waals surface area (Å²) < 4.78 is 1.02. The zero-order valence-corrected chi connectivity index (χ0v) is 10.5. The molecule has 1 heterocycles. The van der Waals surface area contributed by atoms with Crippen LogP contribution in [-0.4, -0.2) is 16.9 Å². The third kappa shape index (κ3) is 4.94. The molecule has 1 atom stereocenters. The van der Waals surface area contributed by atoms with E-state index in [-0.39, 0.29) is 5.38 Å². The van der Waals surface area contributed by atoms with E-state index in [1.54, 1.807) is 6.20 Å². The number of aromatic nitrogens is 1. The average molecular weight is 278 g/mol. The summed E-state index contributed by atoms with van der Waals surface area (Å²) in [4.78, 5) is 4.09. The zero-order chi connectivity index (χ0) is 10.4. The van der Waals surface area contributed by atoms with E-state index in [9.17, 15) is 0 Å². The Bertz CT molecular complexity index is 279. The Kier molecular flexibility index (Phi) is 5.45. The van der Waals surface area contributed by atoms with Gasteiger partial charge in [-0.3, -0.25) is 4.98 Å². The first-order valence-corrected chi connectivity index (χ1v) is 5.85. The molecule has 14 heavy (non-hydrogen) atoms. The normalized spacial score (nSPS) is 12.8. The van der Waals surface area contributed by atoms with E-state index in [0.717, 1.165) is 24.0 Å². The lowest BCUT2D eigenvalue weighted by atomic mass is 10.3. The molecular weight excluding hydrogens is 263 g/mol. The second-order valence-electron chi connectivity index (χ2n) is 3.26. The number of hydrogen-bond acceptors (Lipinski definition) is 2. The van der Waals surface area contributed by atoms with Gasteiger partial charge in [0.2, 0.25) is 0 Å². The quantitative estimate of drug-likeness (QED) is 0.661. The summed E-state index contributed by atoms with van der Waals surface area (Å²) in [5, 5.41) is 3.55. The van der Waals surface area contributed by atoms with Crippen LogP contribution in [0.1, 0.15) is 18.9 Å². The number of pyridine rings is 1. The monoisotopic (exact) mass is 276 g/mol. The summed E-state index contributed by atoms with van der Waals surface area (Å²) in [7, 11) is 0. The van der Waals surface area contributed by atoms with Crippen molar-refractivity contribution in [2.75, 3.05) is 6.54 Å². The number of alkyl halides is 1. The van der Waals surface area contributed by atoms with Crippen LogP contribution in [0.3, 0.4) is 0 Å². The number of nitrogens with one attached hydrogen (secondary N) is 1. The van der Waals surface area contributed by atoms with Crippen LogP contribution >= 0.6 is 27.5 Å². The number of nitrogens with zero attached hydrogens (tertiary/aromatic N) is 1. The molecule has 0 saturated heterocycles. The van der Waals surface area contributed by atoms with E-state index in [1.165, 1.54) is 5.56 Å². The fraction of sp³-hybridized carbons (Fsp3) is 0.500. The van der Waals surface area contributed by atoms with Crippen molar-refractivity contribution in [1.82, 2.24) is 10.3 Å². The van der Waals surface area contributed by atoms with Crippen LogP contribution in [0.4, 0.5) is 0 Å². The first kappa shape index (κ1) is 12.0. The Hall–Kier alpha value is -0.120. The van der Waals surface area contributed by atoms with Gasteiger partial charge in [0.05, 0.1) is 0 Å². The third-order valence-corrected chi connectivity index (χ3v) is 2.46. The third-order valence-electron chi connectivity index (χ3n) is 1.81. The van der Waals surface area contributed by atoms with Crippen molar-refractivity contribution >= 4 is 27.5 Å². The molecule has 1 aromatic rings. The number of hydrogen-bond donors (Lipinski definition) is 1. The van der Waals surface area contributed by atoms with Gasteiger partial charge in [-0.2, -0.15) is 0 Å². The van der Waals surface area contributed by atoms with E-state index in [1.807, 2.05) is 13.1 Å². The van der Waals surface area contributed by atoms with E-state index in [2.05, 4.69) is 32.3 Å². The Morgan fingerprint density at radius 3 is 3.00 bits per heavy atom. The molecule has 0 radical (unpaired) electrons. The molecule has 0 aliphatic carbocycles. The van der Waals surface area contributed by atoms with E-state index >= 15 is 0 Å². The minimum Gasteiger partial charge on any atom is -0.313 e. The molecule has 0 aliphatic heterocycles. The van der Waals surface area contributed by atoms with Crippen LogP contribution in [0.15, 0.2) is 22.9 Å². The Morgan fingerprint density at radius 1 is 1.57 bits per heavy atom. The van der Waals surface area contributed by atoms with Crippen molar-refractivity contribution in [3.05, 3.63) is 28.5 Å². The highest BCUT2D eigenvalue weighted by Crippen LogP contribution is 2.09. The topological polar surface area (TPSA) is 24.9 Å². The molecule has 0 bridgehead atoms. The van der Waals surface area contributed by atoms with Crippen LogP contribution in [0.5, 0.6) is 0 Å². The summed E-state index contributed by atoms with van der Waals surface area (Å²) in [5.41, 5.74) is 1.18. The van der Waals surface area contributed by atoms with Gasteiger partial charge < -0.3 is 5.32 Å². The van der Waals surface area contributed by atoms with Crippen LogP contribution in [0.2, 0.25) is 0 Å². The maximum Gasteiger partial charge on any atom is 0.0410 e. The highest BCUT2D eigenvalue weighted by molar-refractivity contribution is 9.10. The van der Waals surface area contributed by atoms with Crippen molar-refractivity contribution in [2.45, 2.75) is 25.3 Å². The first-order valence-electron chi connectivity index (χ1n) is 4.62. The lowest BCUT2D eigenvalue weighted by Crippen LogP contribution is -2.17. The van der Waals surface area contributed by atoms with E-state index in [0.29, 0.717) is 0 Å². The lowest BCUT2D eigenvalue weighted by molar-refractivity contribution is 0.643. The van der Waals surface area contributed by atoms with Crippen molar-refractivity contribution < 1.29 is 0 Å². The Labute approximate surface area is 98.2 Å². The van der Waals surface area contributed by atoms with Gasteiger partial charge in [-0.1, -0.05) is 0 Å². The summed E-state index contributed by atoms with van der Waals surface area (Å²) in [6, 6.07) is 2.06. The molecule has 0 aliphatic rings. The standard InChI is InChI=1S/C10H14BrClN2/c1-8(12)2-3-13-5-9-4-10(11)7-14-6-9/h4,6-8,13H,2-3,5H2,1H3. The largest absolute Gasteiger partial charge is 0.313 e. The van der Waals surface area contributed by atoms with Crippen molar-refractivity contribution in [3.63, 3.8) is 0 Å². The summed E-state index contributed by atoms with van der Waals surface area (Å²) in [5.74, 6) is 0. The summed E-state index contributed by atoms with van der Waals surface area (Å²) in [6.45, 7) is 3.79. The average Bonchev–Trinajstić information content (AvgIpc) is 2.12. The van der Waals surface area contributed by atoms with Crippen molar-refractivity contribution in [2.24, 2.45) is 0 Å². The highest BCUT2D eigenvalue weighted by Gasteiger charge is 1.97. The van der Waals surface area contributed by atoms with Crippen LogP contribution < -0.4 is 5.32 Å². The Morgan fingerprint density at radius 2 is 2.36 bits per heavy atom. The molecule has 0 spiro atoms. The fourth-order valence-electron chi connectivity index (χ4n) is 1.09. The molecule has 1 N–H and O–H groups in total. The van der Waals surface area contributed by atoms with Crippen molar-refractivity contribution in [1.29, 1.82) is 0 Å². The second kappa shape index (κ2) is 6.38. The SMILES string of the molecule is CC(Cl)CCNCc1cncc(Br)c1. The van der Waals surface area contributed by atoms with Gasteiger partial charge in [0.15, 0.2) is 0 Å². The van der Waals surface area contributed by atoms with Gasteiger partial charge >= 0.3 is 0 Å². The smallest absolute Gasteiger partial charge is 0.0410 e. The van der Waals surface area contributed by atoms with Crippen LogP contribution in [0.25, 0.3) is 0 Å². The van der Waals surface area contributed by atoms with Gasteiger partial charge in [-0.25, -0.2) is 0 Å². The molecule has 0 aromatic carbocycles. The minimum absolute atomic E-state index is 0.239. The van der Waals surface area contributed by atoms with Gasteiger partial charge in [0.25, 0.3) is 0 Å². The molecule has 1 unspecified atom stereocenters. The molecule has 1 aromatic heterocycles. The summed E-state index contributed by atoms with van der Waals surface area (Å²) in [6.07, 6.45) is 4.63. The number of rotatable bonds is 5. The molecule has 4 heteroatoms. The summed E-state index contributed by atoms with van der Waals surface area (Å²) >= 11 is 9.21. The van der Waals surface area contributed by atoms with Gasteiger partial charge in [-0.15, -0.1) is 11.6 Å². The molecule has 2 nitrogen and oxygen atoms in total. The van der Waals surface area contributed by atoms with Gasteiger partial charge in [0.1, 0.15) is 0 Å². The highest BCUT2D eigenvalue weighted by atomic mass is 79.9. The van der Waals surface area contributed by atoms with Crippen molar-refractivity contribution in [3.8, 4) is 0 Å². The van der Waals surface area contributed by atoms with Gasteiger partial charge in [-0.05, 0) is 47.4 Å². The molecule has 0 fully saturated rings. The molecular formula is C10H14BrClN2. The molecule has 78 valence electrons. The number of halogens is 2. The molecule has 1 rings (SSSR count). The van der Waals surface area contributed by atoms with Crippen LogP contribution in [0, 0.1) is 0 Å². The fourth-order valence-corrected chi connectivity index (χ4v) is 1.61.